The molecule has 1 aliphatic carbocycles. The van der Waals surface area contributed by atoms with E-state index in [2.05, 4.69) is 58.3 Å². The van der Waals surface area contributed by atoms with Gasteiger partial charge in [-0.2, -0.15) is 5.10 Å². The van der Waals surface area contributed by atoms with Crippen molar-refractivity contribution in [2.24, 2.45) is 7.05 Å². The lowest BCUT2D eigenvalue weighted by atomic mass is 9.79. The molecule has 3 aliphatic rings. The molecule has 3 atom stereocenters. The number of fused-ring (bicyclic) bond motifs is 1. The predicted octanol–water partition coefficient (Wildman–Crippen LogP) is 3.78. The normalized spacial score (nSPS) is 28.1. The lowest BCUT2D eigenvalue weighted by molar-refractivity contribution is 0.0338. The van der Waals surface area contributed by atoms with E-state index in [0.717, 1.165) is 37.3 Å². The summed E-state index contributed by atoms with van der Waals surface area (Å²) in [6, 6.07) is 13.6. The molecule has 1 aromatic carbocycles. The number of rotatable bonds is 3. The second kappa shape index (κ2) is 7.60. The molecule has 0 spiro atoms. The van der Waals surface area contributed by atoms with Crippen LogP contribution in [0.25, 0.3) is 0 Å². The zero-order valence-electron chi connectivity index (χ0n) is 17.6. The topological polar surface area (TPSA) is 41.4 Å². The molecule has 3 heterocycles. The molecule has 5 heteroatoms. The highest BCUT2D eigenvalue weighted by molar-refractivity contribution is 5.93. The Bertz CT molecular complexity index is 872. The van der Waals surface area contributed by atoms with Crippen LogP contribution in [0, 0.1) is 0 Å². The van der Waals surface area contributed by atoms with Crippen molar-refractivity contribution < 1.29 is 4.79 Å². The zero-order valence-corrected chi connectivity index (χ0v) is 17.6. The van der Waals surface area contributed by atoms with E-state index in [4.69, 9.17) is 0 Å². The van der Waals surface area contributed by atoms with Crippen molar-refractivity contribution in [3.8, 4) is 0 Å². The lowest BCUT2D eigenvalue weighted by Crippen LogP contribution is -2.58. The standard InChI is InChI=1S/C24H32N4O/c1-26-15-13-19(17-8-4-3-5-9-17)23-21(26)10-6-7-14-28(23)24(29)22-16-20(18-11-12-18)25-27(22)2/h3-5,8-9,16,18-19,21,23H,6-7,10-15H2,1-2H3/t19-,21-,23-/m1/s1. The maximum Gasteiger partial charge on any atom is 0.272 e. The van der Waals surface area contributed by atoms with Crippen molar-refractivity contribution in [1.29, 1.82) is 0 Å². The third kappa shape index (κ3) is 3.50. The number of hydrogen-bond donors (Lipinski definition) is 0. The quantitative estimate of drug-likeness (QED) is 0.798. The largest absolute Gasteiger partial charge is 0.332 e. The van der Waals surface area contributed by atoms with Crippen LogP contribution in [0.1, 0.15) is 72.1 Å². The smallest absolute Gasteiger partial charge is 0.272 e. The SMILES string of the molecule is CN1CC[C@H](c2ccccc2)[C@@H]2[C@H]1CCCCN2C(=O)c1cc(C2CC2)nn1C. The van der Waals surface area contributed by atoms with Gasteiger partial charge in [-0.3, -0.25) is 9.48 Å². The van der Waals surface area contributed by atoms with Crippen molar-refractivity contribution >= 4 is 5.91 Å². The van der Waals surface area contributed by atoms with Crippen LogP contribution in [-0.4, -0.2) is 57.7 Å². The van der Waals surface area contributed by atoms with Gasteiger partial charge < -0.3 is 9.80 Å². The molecule has 154 valence electrons. The fraction of sp³-hybridized carbons (Fsp3) is 0.583. The monoisotopic (exact) mass is 392 g/mol. The Morgan fingerprint density at radius 1 is 1.00 bits per heavy atom. The van der Waals surface area contributed by atoms with Crippen molar-refractivity contribution in [2.45, 2.75) is 62.4 Å². The number of hydrogen-bond acceptors (Lipinski definition) is 3. The van der Waals surface area contributed by atoms with Crippen molar-refractivity contribution in [2.75, 3.05) is 20.1 Å². The van der Waals surface area contributed by atoms with Gasteiger partial charge in [-0.05, 0) is 57.3 Å². The van der Waals surface area contributed by atoms with E-state index in [-0.39, 0.29) is 11.9 Å². The zero-order chi connectivity index (χ0) is 20.0. The van der Waals surface area contributed by atoms with Crippen LogP contribution in [0.5, 0.6) is 0 Å². The van der Waals surface area contributed by atoms with E-state index in [1.165, 1.54) is 31.2 Å². The summed E-state index contributed by atoms with van der Waals surface area (Å²) in [4.78, 5) is 18.5. The van der Waals surface area contributed by atoms with Crippen LogP contribution in [0.3, 0.4) is 0 Å². The summed E-state index contributed by atoms with van der Waals surface area (Å²) in [6.45, 7) is 1.95. The van der Waals surface area contributed by atoms with Crippen LogP contribution in [0.2, 0.25) is 0 Å². The minimum absolute atomic E-state index is 0.167. The van der Waals surface area contributed by atoms with E-state index in [1.54, 1.807) is 0 Å². The van der Waals surface area contributed by atoms with Gasteiger partial charge in [0.15, 0.2) is 0 Å². The second-order valence-corrected chi connectivity index (χ2v) is 9.19. The number of carbonyl (C=O) groups excluding carboxylic acids is 1. The summed E-state index contributed by atoms with van der Waals surface area (Å²) in [5, 5.41) is 4.67. The van der Waals surface area contributed by atoms with E-state index in [1.807, 2.05) is 11.7 Å². The highest BCUT2D eigenvalue weighted by Crippen LogP contribution is 2.41. The Morgan fingerprint density at radius 3 is 2.55 bits per heavy atom. The third-order valence-corrected chi connectivity index (χ3v) is 7.28. The molecule has 2 aromatic rings. The molecule has 1 amide bonds. The van der Waals surface area contributed by atoms with Gasteiger partial charge in [0.2, 0.25) is 0 Å². The molecule has 2 aliphatic heterocycles. The number of likely N-dealkylation sites (tertiary alicyclic amines) is 2. The Labute approximate surface area is 173 Å². The van der Waals surface area contributed by atoms with Crippen molar-refractivity contribution in [3.05, 3.63) is 53.3 Å². The minimum atomic E-state index is 0.167. The Balaban J connectivity index is 1.51. The van der Waals surface area contributed by atoms with Gasteiger partial charge in [0.05, 0.1) is 11.7 Å². The molecule has 0 unspecified atom stereocenters. The Morgan fingerprint density at radius 2 is 1.79 bits per heavy atom. The third-order valence-electron chi connectivity index (χ3n) is 7.28. The fourth-order valence-corrected chi connectivity index (χ4v) is 5.53. The first kappa shape index (κ1) is 18.9. The van der Waals surface area contributed by atoms with Gasteiger partial charge >= 0.3 is 0 Å². The first-order valence-corrected chi connectivity index (χ1v) is 11.2. The van der Waals surface area contributed by atoms with Gasteiger partial charge in [0.1, 0.15) is 5.69 Å². The molecule has 3 fully saturated rings. The van der Waals surface area contributed by atoms with Gasteiger partial charge in [0, 0.05) is 31.5 Å². The number of nitrogens with zero attached hydrogens (tertiary/aromatic N) is 4. The van der Waals surface area contributed by atoms with E-state index >= 15 is 0 Å². The molecular formula is C24H32N4O. The fourth-order valence-electron chi connectivity index (χ4n) is 5.53. The van der Waals surface area contributed by atoms with Crippen molar-refractivity contribution in [3.63, 3.8) is 0 Å². The molecule has 29 heavy (non-hydrogen) atoms. The number of carbonyl (C=O) groups is 1. The average molecular weight is 393 g/mol. The summed E-state index contributed by atoms with van der Waals surface area (Å²) in [5.41, 5.74) is 3.23. The number of benzene rings is 1. The molecule has 0 bridgehead atoms. The molecule has 1 saturated carbocycles. The molecule has 5 rings (SSSR count). The number of piperidine rings is 1. The lowest BCUT2D eigenvalue weighted by Gasteiger charge is -2.48. The summed E-state index contributed by atoms with van der Waals surface area (Å²) in [5.74, 6) is 1.13. The van der Waals surface area contributed by atoms with Gasteiger partial charge in [0.25, 0.3) is 5.91 Å². The average Bonchev–Trinajstić information content (AvgIpc) is 3.54. The molecule has 1 aromatic heterocycles. The van der Waals surface area contributed by atoms with Gasteiger partial charge in [-0.15, -0.1) is 0 Å². The van der Waals surface area contributed by atoms with Gasteiger partial charge in [-0.1, -0.05) is 36.8 Å². The summed E-state index contributed by atoms with van der Waals surface area (Å²) >= 11 is 0. The summed E-state index contributed by atoms with van der Waals surface area (Å²) in [6.07, 6.45) is 6.97. The van der Waals surface area contributed by atoms with Crippen LogP contribution in [0.15, 0.2) is 36.4 Å². The first-order chi connectivity index (χ1) is 14.1. The predicted molar refractivity (Wildman–Crippen MR) is 114 cm³/mol. The molecule has 5 nitrogen and oxygen atoms in total. The minimum Gasteiger partial charge on any atom is -0.332 e. The molecule has 0 radical (unpaired) electrons. The molecular weight excluding hydrogens is 360 g/mol. The van der Waals surface area contributed by atoms with E-state index in [0.29, 0.717) is 17.9 Å². The number of aryl methyl sites for hydroxylation is 1. The van der Waals surface area contributed by atoms with Crippen molar-refractivity contribution in [1.82, 2.24) is 19.6 Å². The highest BCUT2D eigenvalue weighted by atomic mass is 16.2. The number of likely N-dealkylation sites (N-methyl/N-ethyl adjacent to an activating group) is 1. The highest BCUT2D eigenvalue weighted by Gasteiger charge is 2.44. The molecule has 0 N–H and O–H groups in total. The summed E-state index contributed by atoms with van der Waals surface area (Å²) in [7, 11) is 4.16. The second-order valence-electron chi connectivity index (χ2n) is 9.19. The maximum absolute atomic E-state index is 13.8. The van der Waals surface area contributed by atoms with Crippen LogP contribution in [-0.2, 0) is 7.05 Å². The van der Waals surface area contributed by atoms with Crippen LogP contribution >= 0.6 is 0 Å². The summed E-state index contributed by atoms with van der Waals surface area (Å²) < 4.78 is 1.82. The first-order valence-electron chi connectivity index (χ1n) is 11.2. The van der Waals surface area contributed by atoms with E-state index < -0.39 is 0 Å². The Hall–Kier alpha value is -2.14. The number of amides is 1. The number of aromatic nitrogens is 2. The van der Waals surface area contributed by atoms with Gasteiger partial charge in [-0.25, -0.2) is 0 Å². The van der Waals surface area contributed by atoms with E-state index in [9.17, 15) is 4.79 Å². The van der Waals surface area contributed by atoms with Crippen LogP contribution < -0.4 is 0 Å². The van der Waals surface area contributed by atoms with Crippen LogP contribution in [0.4, 0.5) is 0 Å². The maximum atomic E-state index is 13.8. The Kier molecular flexibility index (Phi) is 4.94. The molecule has 2 saturated heterocycles.